The van der Waals surface area contributed by atoms with Gasteiger partial charge in [-0.2, -0.15) is 0 Å². The highest BCUT2D eigenvalue weighted by Gasteiger charge is 2.13. The molecule has 0 unspecified atom stereocenters. The summed E-state index contributed by atoms with van der Waals surface area (Å²) >= 11 is 0. The molecule has 2 N–H and O–H groups in total. The van der Waals surface area contributed by atoms with Crippen molar-refractivity contribution in [2.24, 2.45) is 0 Å². The first-order valence-corrected chi connectivity index (χ1v) is 4.71. The van der Waals surface area contributed by atoms with Crippen LogP contribution in [0.2, 0.25) is 0 Å². The number of para-hydroxylation sites is 1. The van der Waals surface area contributed by atoms with Gasteiger partial charge in [-0.15, -0.1) is 0 Å². The van der Waals surface area contributed by atoms with E-state index in [2.05, 4.69) is 13.8 Å². The average Bonchev–Trinajstić information content (AvgIpc) is 2.14. The van der Waals surface area contributed by atoms with Crippen LogP contribution in [0, 0.1) is 0 Å². The normalized spacial score (nSPS) is 10.7. The molecule has 0 amide bonds. The minimum absolute atomic E-state index is 0.0237. The van der Waals surface area contributed by atoms with E-state index in [4.69, 9.17) is 0 Å². The fraction of sp³-hybridized carbons (Fsp3) is 0.455. The van der Waals surface area contributed by atoms with E-state index < -0.39 is 0 Å². The van der Waals surface area contributed by atoms with Crippen LogP contribution in [0.3, 0.4) is 0 Å². The molecule has 0 fully saturated rings. The van der Waals surface area contributed by atoms with E-state index in [0.717, 1.165) is 18.4 Å². The Hall–Kier alpha value is -1.18. The molecule has 0 atom stereocenters. The van der Waals surface area contributed by atoms with Gasteiger partial charge in [0, 0.05) is 5.56 Å². The lowest BCUT2D eigenvalue weighted by Gasteiger charge is -2.14. The Labute approximate surface area is 78.8 Å². The molecule has 0 saturated heterocycles. The summed E-state index contributed by atoms with van der Waals surface area (Å²) in [5.74, 6) is 0.354. The number of hydrogen-bond donors (Lipinski definition) is 2. The van der Waals surface area contributed by atoms with Crippen LogP contribution in [0.4, 0.5) is 0 Å². The zero-order valence-corrected chi connectivity index (χ0v) is 8.12. The molecular formula is C11H16O2. The van der Waals surface area contributed by atoms with E-state index in [1.807, 2.05) is 6.07 Å². The highest BCUT2D eigenvalue weighted by atomic mass is 16.3. The number of hydrogen-bond acceptors (Lipinski definition) is 2. The molecule has 0 saturated carbocycles. The second-order valence-electron chi connectivity index (χ2n) is 3.23. The van der Waals surface area contributed by atoms with Crippen LogP contribution in [0.5, 0.6) is 11.5 Å². The lowest BCUT2D eigenvalue weighted by atomic mass is 9.93. The molecule has 2 nitrogen and oxygen atoms in total. The maximum absolute atomic E-state index is 9.58. The van der Waals surface area contributed by atoms with Gasteiger partial charge in [-0.1, -0.05) is 26.0 Å². The van der Waals surface area contributed by atoms with Gasteiger partial charge in [-0.3, -0.25) is 0 Å². The van der Waals surface area contributed by atoms with Crippen LogP contribution in [-0.2, 0) is 0 Å². The van der Waals surface area contributed by atoms with Gasteiger partial charge >= 0.3 is 0 Å². The SMILES string of the molecule is CCC(CC)c1cccc(O)c1O. The predicted molar refractivity (Wildman–Crippen MR) is 53.1 cm³/mol. The van der Waals surface area contributed by atoms with Crippen molar-refractivity contribution in [3.05, 3.63) is 23.8 Å². The molecule has 0 aliphatic rings. The van der Waals surface area contributed by atoms with Crippen LogP contribution in [0.25, 0.3) is 0 Å². The van der Waals surface area contributed by atoms with Crippen LogP contribution >= 0.6 is 0 Å². The molecule has 0 spiro atoms. The van der Waals surface area contributed by atoms with Gasteiger partial charge in [0.15, 0.2) is 11.5 Å². The number of benzene rings is 1. The number of phenolic OH excluding ortho intramolecular Hbond substituents is 2. The van der Waals surface area contributed by atoms with E-state index in [0.29, 0.717) is 5.92 Å². The molecule has 0 bridgehead atoms. The first-order valence-electron chi connectivity index (χ1n) is 4.71. The van der Waals surface area contributed by atoms with E-state index in [1.54, 1.807) is 6.07 Å². The summed E-state index contributed by atoms with van der Waals surface area (Å²) in [7, 11) is 0. The minimum Gasteiger partial charge on any atom is -0.504 e. The second kappa shape index (κ2) is 4.17. The summed E-state index contributed by atoms with van der Waals surface area (Å²) in [6, 6.07) is 5.14. The van der Waals surface area contributed by atoms with Crippen molar-refractivity contribution < 1.29 is 10.2 Å². The van der Waals surface area contributed by atoms with Crippen LogP contribution in [0.15, 0.2) is 18.2 Å². The standard InChI is InChI=1S/C11H16O2/c1-3-8(4-2)9-6-5-7-10(12)11(9)13/h5-8,12-13H,3-4H2,1-2H3. The lowest BCUT2D eigenvalue weighted by molar-refractivity contribution is 0.394. The van der Waals surface area contributed by atoms with Crippen LogP contribution in [-0.4, -0.2) is 10.2 Å². The first-order chi connectivity index (χ1) is 6.20. The molecule has 0 aromatic heterocycles. The third kappa shape index (κ3) is 1.94. The van der Waals surface area contributed by atoms with Crippen molar-refractivity contribution in [1.82, 2.24) is 0 Å². The van der Waals surface area contributed by atoms with Crippen molar-refractivity contribution in [2.45, 2.75) is 32.6 Å². The molecule has 2 heteroatoms. The summed E-state index contributed by atoms with van der Waals surface area (Å²) < 4.78 is 0. The molecule has 1 aromatic carbocycles. The lowest BCUT2D eigenvalue weighted by Crippen LogP contribution is -1.95. The topological polar surface area (TPSA) is 40.5 Å². The van der Waals surface area contributed by atoms with Crippen molar-refractivity contribution in [3.63, 3.8) is 0 Å². The van der Waals surface area contributed by atoms with E-state index in [1.165, 1.54) is 6.07 Å². The molecular weight excluding hydrogens is 164 g/mol. The zero-order valence-electron chi connectivity index (χ0n) is 8.12. The molecule has 72 valence electrons. The quantitative estimate of drug-likeness (QED) is 0.702. The third-order valence-corrected chi connectivity index (χ3v) is 2.47. The number of rotatable bonds is 3. The Morgan fingerprint density at radius 1 is 1.15 bits per heavy atom. The van der Waals surface area contributed by atoms with E-state index in [9.17, 15) is 10.2 Å². The molecule has 1 aromatic rings. The molecule has 0 aliphatic carbocycles. The van der Waals surface area contributed by atoms with Gasteiger partial charge < -0.3 is 10.2 Å². The molecule has 0 aliphatic heterocycles. The summed E-state index contributed by atoms with van der Waals surface area (Å²) in [4.78, 5) is 0. The van der Waals surface area contributed by atoms with Gasteiger partial charge in [0.2, 0.25) is 0 Å². The Morgan fingerprint density at radius 3 is 2.31 bits per heavy atom. The maximum Gasteiger partial charge on any atom is 0.160 e. The van der Waals surface area contributed by atoms with Gasteiger partial charge in [0.1, 0.15) is 0 Å². The first kappa shape index (κ1) is 9.90. The minimum atomic E-state index is -0.0237. The van der Waals surface area contributed by atoms with Crippen molar-refractivity contribution >= 4 is 0 Å². The van der Waals surface area contributed by atoms with Gasteiger partial charge in [-0.05, 0) is 24.8 Å². The predicted octanol–water partition coefficient (Wildman–Crippen LogP) is 3.00. The molecule has 0 heterocycles. The van der Waals surface area contributed by atoms with Gasteiger partial charge in [-0.25, -0.2) is 0 Å². The van der Waals surface area contributed by atoms with Crippen molar-refractivity contribution in [3.8, 4) is 11.5 Å². The van der Waals surface area contributed by atoms with Crippen molar-refractivity contribution in [1.29, 1.82) is 0 Å². The summed E-state index contributed by atoms with van der Waals surface area (Å²) in [5, 5.41) is 18.9. The maximum atomic E-state index is 9.58. The average molecular weight is 180 g/mol. The molecule has 0 radical (unpaired) electrons. The zero-order chi connectivity index (χ0) is 9.84. The third-order valence-electron chi connectivity index (χ3n) is 2.47. The molecule has 13 heavy (non-hydrogen) atoms. The molecule has 1 rings (SSSR count). The van der Waals surface area contributed by atoms with E-state index in [-0.39, 0.29) is 11.5 Å². The van der Waals surface area contributed by atoms with Crippen LogP contribution < -0.4 is 0 Å². The second-order valence-corrected chi connectivity index (χ2v) is 3.23. The van der Waals surface area contributed by atoms with Crippen molar-refractivity contribution in [2.75, 3.05) is 0 Å². The van der Waals surface area contributed by atoms with Gasteiger partial charge in [0.25, 0.3) is 0 Å². The van der Waals surface area contributed by atoms with E-state index >= 15 is 0 Å². The highest BCUT2D eigenvalue weighted by Crippen LogP contribution is 2.36. The Kier molecular flexibility index (Phi) is 3.18. The van der Waals surface area contributed by atoms with Gasteiger partial charge in [0.05, 0.1) is 0 Å². The monoisotopic (exact) mass is 180 g/mol. The fourth-order valence-corrected chi connectivity index (χ4v) is 1.61. The Balaban J connectivity index is 3.05. The Morgan fingerprint density at radius 2 is 1.77 bits per heavy atom. The largest absolute Gasteiger partial charge is 0.504 e. The van der Waals surface area contributed by atoms with Crippen LogP contribution in [0.1, 0.15) is 38.2 Å². The summed E-state index contributed by atoms with van der Waals surface area (Å²) in [6.45, 7) is 4.16. The summed E-state index contributed by atoms with van der Waals surface area (Å²) in [5.41, 5.74) is 0.852. The number of aromatic hydroxyl groups is 2. The smallest absolute Gasteiger partial charge is 0.160 e. The highest BCUT2D eigenvalue weighted by molar-refractivity contribution is 5.45. The Bertz CT molecular complexity index is 277. The summed E-state index contributed by atoms with van der Waals surface area (Å²) in [6.07, 6.45) is 1.96. The number of phenols is 2. The fourth-order valence-electron chi connectivity index (χ4n) is 1.61.